The fraction of sp³-hybridized carbons (Fsp3) is 0.429. The number of rotatable bonds is 2. The van der Waals surface area contributed by atoms with E-state index in [4.69, 9.17) is 0 Å². The van der Waals surface area contributed by atoms with E-state index < -0.39 is 0 Å². The van der Waals surface area contributed by atoms with Gasteiger partial charge in [-0.15, -0.1) is 0 Å². The summed E-state index contributed by atoms with van der Waals surface area (Å²) in [5.41, 5.74) is 4.39. The molecule has 1 aromatic heterocycles. The van der Waals surface area contributed by atoms with E-state index in [0.29, 0.717) is 0 Å². The van der Waals surface area contributed by atoms with Crippen molar-refractivity contribution in [2.45, 2.75) is 39.7 Å². The molecule has 0 fully saturated rings. The van der Waals surface area contributed by atoms with Crippen molar-refractivity contribution in [2.24, 2.45) is 0 Å². The van der Waals surface area contributed by atoms with Crippen LogP contribution in [0.2, 0.25) is 0 Å². The van der Waals surface area contributed by atoms with Crippen LogP contribution in [0.15, 0.2) is 18.2 Å². The molecule has 0 atom stereocenters. The topological polar surface area (TPSA) is 30.7 Å². The predicted octanol–water partition coefficient (Wildman–Crippen LogP) is 2.43. The van der Waals surface area contributed by atoms with Crippen molar-refractivity contribution in [1.82, 2.24) is 14.8 Å². The lowest BCUT2D eigenvalue weighted by molar-refractivity contribution is 0.655. The highest BCUT2D eigenvalue weighted by molar-refractivity contribution is 5.35. The summed E-state index contributed by atoms with van der Waals surface area (Å²) >= 11 is 0. The molecule has 0 amide bonds. The molecule has 1 heterocycles. The number of aryl methyl sites for hydroxylation is 4. The van der Waals surface area contributed by atoms with Crippen molar-refractivity contribution in [3.8, 4) is 0 Å². The average Bonchev–Trinajstić information content (AvgIpc) is 2.85. The lowest BCUT2D eigenvalue weighted by Gasteiger charge is -2.06. The molecule has 3 nitrogen and oxygen atoms in total. The molecule has 3 rings (SSSR count). The minimum absolute atomic E-state index is 0.833. The van der Waals surface area contributed by atoms with Crippen LogP contribution < -0.4 is 0 Å². The molecule has 0 aliphatic heterocycles. The minimum Gasteiger partial charge on any atom is -0.246 e. The first-order valence-electron chi connectivity index (χ1n) is 6.21. The maximum atomic E-state index is 4.40. The molecule has 3 heteroatoms. The summed E-state index contributed by atoms with van der Waals surface area (Å²) in [7, 11) is 0. The second-order valence-corrected chi connectivity index (χ2v) is 4.82. The third-order valence-corrected chi connectivity index (χ3v) is 3.46. The Morgan fingerprint density at radius 1 is 1.18 bits per heavy atom. The minimum atomic E-state index is 0.833. The van der Waals surface area contributed by atoms with Gasteiger partial charge in [0.25, 0.3) is 0 Å². The molecular formula is C14H17N3. The highest BCUT2D eigenvalue weighted by Crippen LogP contribution is 2.23. The molecule has 0 unspecified atom stereocenters. The Morgan fingerprint density at radius 2 is 2.00 bits per heavy atom. The van der Waals surface area contributed by atoms with E-state index in [1.165, 1.54) is 36.0 Å². The van der Waals surface area contributed by atoms with E-state index in [2.05, 4.69) is 28.3 Å². The first-order chi connectivity index (χ1) is 8.22. The fourth-order valence-corrected chi connectivity index (χ4v) is 2.61. The zero-order valence-corrected chi connectivity index (χ0v) is 10.4. The third kappa shape index (κ3) is 1.97. The van der Waals surface area contributed by atoms with E-state index in [0.717, 1.165) is 18.2 Å². The molecule has 17 heavy (non-hydrogen) atoms. The van der Waals surface area contributed by atoms with Crippen LogP contribution in [0.4, 0.5) is 0 Å². The normalized spacial score (nSPS) is 14.0. The van der Waals surface area contributed by atoms with E-state index in [9.17, 15) is 0 Å². The van der Waals surface area contributed by atoms with Crippen LogP contribution in [0.5, 0.6) is 0 Å². The Kier molecular flexibility index (Phi) is 2.46. The monoisotopic (exact) mass is 227 g/mol. The summed E-state index contributed by atoms with van der Waals surface area (Å²) in [4.78, 5) is 4.33. The van der Waals surface area contributed by atoms with Crippen molar-refractivity contribution >= 4 is 0 Å². The van der Waals surface area contributed by atoms with Gasteiger partial charge >= 0.3 is 0 Å². The van der Waals surface area contributed by atoms with E-state index in [1.807, 2.05) is 18.5 Å². The number of aromatic nitrogens is 3. The van der Waals surface area contributed by atoms with Gasteiger partial charge in [-0.25, -0.2) is 9.67 Å². The van der Waals surface area contributed by atoms with Gasteiger partial charge in [0.05, 0.1) is 6.54 Å². The summed E-state index contributed by atoms with van der Waals surface area (Å²) < 4.78 is 1.98. The largest absolute Gasteiger partial charge is 0.246 e. The van der Waals surface area contributed by atoms with Crippen molar-refractivity contribution in [3.05, 3.63) is 46.5 Å². The smallest absolute Gasteiger partial charge is 0.147 e. The van der Waals surface area contributed by atoms with Crippen LogP contribution in [-0.4, -0.2) is 14.8 Å². The van der Waals surface area contributed by atoms with Crippen LogP contribution in [0.1, 0.15) is 34.8 Å². The van der Waals surface area contributed by atoms with Gasteiger partial charge in [0, 0.05) is 0 Å². The van der Waals surface area contributed by atoms with Gasteiger partial charge in [0.15, 0.2) is 0 Å². The molecule has 0 N–H and O–H groups in total. The average molecular weight is 227 g/mol. The van der Waals surface area contributed by atoms with Crippen molar-refractivity contribution in [2.75, 3.05) is 0 Å². The molecule has 1 aromatic carbocycles. The lowest BCUT2D eigenvalue weighted by Crippen LogP contribution is -2.04. The summed E-state index contributed by atoms with van der Waals surface area (Å²) in [5, 5.41) is 4.40. The number of benzene rings is 1. The van der Waals surface area contributed by atoms with Crippen LogP contribution in [0.3, 0.4) is 0 Å². The molecule has 0 radical (unpaired) electrons. The van der Waals surface area contributed by atoms with Crippen LogP contribution in [0, 0.1) is 13.8 Å². The first-order valence-corrected chi connectivity index (χ1v) is 6.21. The number of fused-ring (bicyclic) bond motifs is 1. The van der Waals surface area contributed by atoms with Gasteiger partial charge in [0.1, 0.15) is 11.6 Å². The molecule has 2 aromatic rings. The van der Waals surface area contributed by atoms with Crippen LogP contribution in [-0.2, 0) is 19.4 Å². The number of hydrogen-bond donors (Lipinski definition) is 0. The third-order valence-electron chi connectivity index (χ3n) is 3.46. The Bertz CT molecular complexity index is 555. The number of nitrogens with zero attached hydrogens (tertiary/aromatic N) is 3. The second kappa shape index (κ2) is 3.99. The molecule has 88 valence electrons. The Hall–Kier alpha value is -1.64. The molecule has 0 saturated carbocycles. The van der Waals surface area contributed by atoms with Gasteiger partial charge < -0.3 is 0 Å². The molecule has 1 aliphatic carbocycles. The maximum absolute atomic E-state index is 4.40. The summed E-state index contributed by atoms with van der Waals surface area (Å²) in [6, 6.07) is 6.83. The zero-order valence-electron chi connectivity index (χ0n) is 10.4. The Morgan fingerprint density at radius 3 is 2.76 bits per heavy atom. The van der Waals surface area contributed by atoms with Crippen LogP contribution in [0.25, 0.3) is 0 Å². The van der Waals surface area contributed by atoms with Gasteiger partial charge in [-0.1, -0.05) is 18.2 Å². The fourth-order valence-electron chi connectivity index (χ4n) is 2.61. The van der Waals surface area contributed by atoms with Crippen molar-refractivity contribution in [3.63, 3.8) is 0 Å². The summed E-state index contributed by atoms with van der Waals surface area (Å²) in [6.45, 7) is 4.78. The standard InChI is InChI=1S/C14H17N3/c1-10-15-11(2)17(16-10)9-12-6-7-13-4-3-5-14(13)8-12/h6-8H,3-5,9H2,1-2H3. The first kappa shape index (κ1) is 10.5. The second-order valence-electron chi connectivity index (χ2n) is 4.82. The maximum Gasteiger partial charge on any atom is 0.147 e. The van der Waals surface area contributed by atoms with E-state index in [-0.39, 0.29) is 0 Å². The van der Waals surface area contributed by atoms with Gasteiger partial charge in [-0.3, -0.25) is 0 Å². The summed E-state index contributed by atoms with van der Waals surface area (Å²) in [5.74, 6) is 1.84. The molecule has 1 aliphatic rings. The van der Waals surface area contributed by atoms with Gasteiger partial charge in [-0.2, -0.15) is 5.10 Å². The van der Waals surface area contributed by atoms with Gasteiger partial charge in [0.2, 0.25) is 0 Å². The van der Waals surface area contributed by atoms with Gasteiger partial charge in [-0.05, 0) is 49.8 Å². The molecule has 0 spiro atoms. The molecule has 0 bridgehead atoms. The lowest BCUT2D eigenvalue weighted by atomic mass is 10.1. The van der Waals surface area contributed by atoms with E-state index >= 15 is 0 Å². The summed E-state index contributed by atoms with van der Waals surface area (Å²) in [6.07, 6.45) is 3.79. The molecular weight excluding hydrogens is 210 g/mol. The van der Waals surface area contributed by atoms with Crippen molar-refractivity contribution in [1.29, 1.82) is 0 Å². The Balaban J connectivity index is 1.88. The predicted molar refractivity (Wildman–Crippen MR) is 67.1 cm³/mol. The zero-order chi connectivity index (χ0) is 11.8. The highest BCUT2D eigenvalue weighted by atomic mass is 15.3. The quantitative estimate of drug-likeness (QED) is 0.789. The van der Waals surface area contributed by atoms with Crippen LogP contribution >= 0.6 is 0 Å². The number of hydrogen-bond acceptors (Lipinski definition) is 2. The Labute approximate surface area is 101 Å². The van der Waals surface area contributed by atoms with Crippen molar-refractivity contribution < 1.29 is 0 Å². The highest BCUT2D eigenvalue weighted by Gasteiger charge is 2.11. The molecule has 0 saturated heterocycles. The van der Waals surface area contributed by atoms with E-state index in [1.54, 1.807) is 0 Å². The SMILES string of the molecule is Cc1nc(C)n(Cc2ccc3c(c2)CCC3)n1.